The third-order valence-corrected chi connectivity index (χ3v) is 9.10. The third kappa shape index (κ3) is 11.5. The molecule has 4 aromatic carbocycles. The van der Waals surface area contributed by atoms with E-state index in [1.807, 2.05) is 69.3 Å². The molecule has 0 bridgehead atoms. The molecular weight excluding hydrogens is 620 g/mol. The van der Waals surface area contributed by atoms with Gasteiger partial charge in [-0.1, -0.05) is 84.9 Å². The minimum absolute atomic E-state index is 0.163. The summed E-state index contributed by atoms with van der Waals surface area (Å²) in [7, 11) is 0. The highest BCUT2D eigenvalue weighted by Gasteiger charge is 2.25. The smallest absolute Gasteiger partial charge is 0.407 e. The number of ether oxygens (including phenoxy) is 2. The lowest BCUT2D eigenvalue weighted by molar-refractivity contribution is 0.101. The molecule has 6 heteroatoms. The molecule has 0 aliphatic rings. The largest absolute Gasteiger partial charge is 0.490 e. The molecule has 0 unspecified atom stereocenters. The maximum absolute atomic E-state index is 11.7. The summed E-state index contributed by atoms with van der Waals surface area (Å²) in [5.74, 6) is 1.85. The molecule has 0 aliphatic heterocycles. The molecular formula is C44H56N2O4. The lowest BCUT2D eigenvalue weighted by Crippen LogP contribution is -2.45. The molecule has 0 saturated heterocycles. The van der Waals surface area contributed by atoms with Gasteiger partial charge < -0.3 is 19.5 Å². The van der Waals surface area contributed by atoms with Crippen LogP contribution in [0.2, 0.25) is 0 Å². The summed E-state index contributed by atoms with van der Waals surface area (Å²) in [5, 5.41) is 9.58. The number of hydrogen-bond donors (Lipinski definition) is 1. The Morgan fingerprint density at radius 1 is 0.780 bits per heavy atom. The van der Waals surface area contributed by atoms with Crippen LogP contribution >= 0.6 is 0 Å². The van der Waals surface area contributed by atoms with E-state index in [9.17, 15) is 9.90 Å². The van der Waals surface area contributed by atoms with Crippen molar-refractivity contribution in [2.24, 2.45) is 0 Å². The van der Waals surface area contributed by atoms with Gasteiger partial charge in [-0.05, 0) is 120 Å². The summed E-state index contributed by atoms with van der Waals surface area (Å²) in [6.07, 6.45) is 4.88. The number of carbonyl (C=O) groups is 1. The van der Waals surface area contributed by atoms with E-state index in [2.05, 4.69) is 99.3 Å². The molecule has 6 nitrogen and oxygen atoms in total. The van der Waals surface area contributed by atoms with Gasteiger partial charge in [-0.15, -0.1) is 0 Å². The van der Waals surface area contributed by atoms with E-state index in [4.69, 9.17) is 9.47 Å². The number of amides is 1. The van der Waals surface area contributed by atoms with Gasteiger partial charge in [-0.2, -0.15) is 0 Å². The van der Waals surface area contributed by atoms with Gasteiger partial charge in [-0.25, -0.2) is 4.79 Å². The fourth-order valence-corrected chi connectivity index (χ4v) is 6.43. The van der Waals surface area contributed by atoms with Crippen LogP contribution in [0.4, 0.5) is 4.79 Å². The molecule has 4 aromatic rings. The van der Waals surface area contributed by atoms with Gasteiger partial charge in [0.05, 0.1) is 0 Å². The van der Waals surface area contributed by atoms with Crippen molar-refractivity contribution in [1.29, 1.82) is 0 Å². The van der Waals surface area contributed by atoms with E-state index in [1.165, 1.54) is 16.0 Å². The molecule has 1 atom stereocenters. The van der Waals surface area contributed by atoms with E-state index in [-0.39, 0.29) is 5.92 Å². The first-order valence-corrected chi connectivity index (χ1v) is 17.9. The van der Waals surface area contributed by atoms with E-state index >= 15 is 0 Å². The van der Waals surface area contributed by atoms with E-state index < -0.39 is 11.6 Å². The highest BCUT2D eigenvalue weighted by molar-refractivity contribution is 5.66. The molecule has 266 valence electrons. The van der Waals surface area contributed by atoms with Crippen molar-refractivity contribution in [3.8, 4) is 11.5 Å². The molecule has 0 heterocycles. The van der Waals surface area contributed by atoms with Gasteiger partial charge in [0, 0.05) is 35.6 Å². The van der Waals surface area contributed by atoms with Crippen LogP contribution in [0.25, 0.3) is 6.08 Å². The predicted octanol–water partition coefficient (Wildman–Crippen LogP) is 10.3. The van der Waals surface area contributed by atoms with Crippen LogP contribution in [0.3, 0.4) is 0 Å². The predicted molar refractivity (Wildman–Crippen MR) is 206 cm³/mol. The molecule has 0 aromatic heterocycles. The van der Waals surface area contributed by atoms with Crippen LogP contribution in [0.5, 0.6) is 11.5 Å². The first-order valence-electron chi connectivity index (χ1n) is 17.9. The SMILES string of the molecule is CC(C)N(CC[C@H](c1ccccc1)c1cc(C=CCOc2ccc(CCN(C(=O)O)C(C)(C)C)cc2)ccc1OCc1ccccc1)C(C)C. The zero-order chi connectivity index (χ0) is 36.1. The minimum Gasteiger partial charge on any atom is -0.490 e. The second-order valence-electron chi connectivity index (χ2n) is 14.5. The van der Waals surface area contributed by atoms with Crippen molar-refractivity contribution in [2.45, 2.75) is 91.5 Å². The van der Waals surface area contributed by atoms with Crippen molar-refractivity contribution in [3.05, 3.63) is 137 Å². The fraction of sp³-hybridized carbons (Fsp3) is 0.386. The summed E-state index contributed by atoms with van der Waals surface area (Å²) in [6, 6.07) is 36.4. The summed E-state index contributed by atoms with van der Waals surface area (Å²) in [6.45, 7) is 17.2. The average Bonchev–Trinajstić information content (AvgIpc) is 3.08. The molecule has 0 radical (unpaired) electrons. The Morgan fingerprint density at radius 2 is 1.42 bits per heavy atom. The zero-order valence-electron chi connectivity index (χ0n) is 31.0. The maximum atomic E-state index is 11.7. The van der Waals surface area contributed by atoms with Gasteiger partial charge in [0.2, 0.25) is 0 Å². The fourth-order valence-electron chi connectivity index (χ4n) is 6.43. The quantitative estimate of drug-likeness (QED) is 0.121. The highest BCUT2D eigenvalue weighted by atomic mass is 16.5. The maximum Gasteiger partial charge on any atom is 0.407 e. The number of nitrogens with zero attached hydrogens (tertiary/aromatic N) is 2. The molecule has 0 saturated carbocycles. The van der Waals surface area contributed by atoms with E-state index in [0.717, 1.165) is 41.2 Å². The Labute approximate surface area is 300 Å². The monoisotopic (exact) mass is 676 g/mol. The first-order chi connectivity index (χ1) is 23.9. The standard InChI is InChI=1S/C44H56N2O4/c1-33(2)45(34(3)4)28-27-40(38-18-12-9-13-19-38)41-31-36(22-25-42(41)50-32-37-15-10-8-11-16-37)17-14-30-49-39-23-20-35(21-24-39)26-29-46(43(47)48)44(5,6)7/h8-25,31,33-34,40H,26-30,32H2,1-7H3,(H,47,48)/t40-/m1/s1. The second kappa shape index (κ2) is 18.4. The third-order valence-electron chi connectivity index (χ3n) is 9.10. The first kappa shape index (κ1) is 38.3. The van der Waals surface area contributed by atoms with Crippen LogP contribution in [-0.2, 0) is 13.0 Å². The van der Waals surface area contributed by atoms with Crippen LogP contribution in [0.1, 0.15) is 88.6 Å². The molecule has 0 spiro atoms. The minimum atomic E-state index is -0.898. The molecule has 0 fully saturated rings. The average molecular weight is 677 g/mol. The van der Waals surface area contributed by atoms with Gasteiger partial charge in [0.25, 0.3) is 0 Å². The van der Waals surface area contributed by atoms with Gasteiger partial charge in [0.15, 0.2) is 0 Å². The van der Waals surface area contributed by atoms with Crippen LogP contribution in [-0.4, -0.2) is 58.3 Å². The van der Waals surface area contributed by atoms with Crippen molar-refractivity contribution in [2.75, 3.05) is 19.7 Å². The number of hydrogen-bond acceptors (Lipinski definition) is 4. The summed E-state index contributed by atoms with van der Waals surface area (Å²) in [5.41, 5.74) is 5.34. The van der Waals surface area contributed by atoms with Crippen molar-refractivity contribution in [1.82, 2.24) is 9.80 Å². The molecule has 1 amide bonds. The highest BCUT2D eigenvalue weighted by Crippen LogP contribution is 2.36. The van der Waals surface area contributed by atoms with Gasteiger partial charge in [0.1, 0.15) is 24.7 Å². The molecule has 0 aliphatic carbocycles. The van der Waals surface area contributed by atoms with Crippen LogP contribution in [0, 0.1) is 0 Å². The molecule has 4 rings (SSSR count). The summed E-state index contributed by atoms with van der Waals surface area (Å²) in [4.78, 5) is 15.7. The lowest BCUT2D eigenvalue weighted by atomic mass is 9.86. The van der Waals surface area contributed by atoms with Crippen molar-refractivity contribution >= 4 is 12.2 Å². The Balaban J connectivity index is 1.50. The van der Waals surface area contributed by atoms with Crippen LogP contribution < -0.4 is 9.47 Å². The van der Waals surface area contributed by atoms with Gasteiger partial charge in [-0.3, -0.25) is 4.90 Å². The summed E-state index contributed by atoms with van der Waals surface area (Å²) >= 11 is 0. The Hall–Kier alpha value is -4.55. The Bertz CT molecular complexity index is 1620. The Kier molecular flexibility index (Phi) is 14.1. The lowest BCUT2D eigenvalue weighted by Gasteiger charge is -2.33. The van der Waals surface area contributed by atoms with Gasteiger partial charge >= 0.3 is 6.09 Å². The molecule has 1 N–H and O–H groups in total. The topological polar surface area (TPSA) is 62.2 Å². The second-order valence-corrected chi connectivity index (χ2v) is 14.5. The van der Waals surface area contributed by atoms with Crippen molar-refractivity contribution in [3.63, 3.8) is 0 Å². The van der Waals surface area contributed by atoms with E-state index in [0.29, 0.717) is 38.3 Å². The van der Waals surface area contributed by atoms with Crippen LogP contribution in [0.15, 0.2) is 109 Å². The number of carboxylic acid groups (broad SMARTS) is 1. The summed E-state index contributed by atoms with van der Waals surface area (Å²) < 4.78 is 12.6. The normalized spacial score (nSPS) is 12.5. The van der Waals surface area contributed by atoms with E-state index in [1.54, 1.807) is 0 Å². The van der Waals surface area contributed by atoms with Crippen molar-refractivity contribution < 1.29 is 19.4 Å². The number of rotatable bonds is 17. The Morgan fingerprint density at radius 3 is 2.02 bits per heavy atom. The molecule has 50 heavy (non-hydrogen) atoms. The zero-order valence-corrected chi connectivity index (χ0v) is 31.0. The number of benzene rings is 4.